The number of amides is 1. The molecule has 6 rings (SSSR count). The summed E-state index contributed by atoms with van der Waals surface area (Å²) in [5.74, 6) is -1.48. The fraction of sp³-hybridized carbons (Fsp3) is 0.300. The second kappa shape index (κ2) is 9.68. The number of ether oxygens (including phenoxy) is 1. The minimum absolute atomic E-state index is 0.0167. The van der Waals surface area contributed by atoms with Crippen LogP contribution in [0, 0.1) is 5.82 Å². The van der Waals surface area contributed by atoms with E-state index < -0.39 is 17.3 Å². The first-order chi connectivity index (χ1) is 18.9. The topological polar surface area (TPSA) is 73.5 Å². The van der Waals surface area contributed by atoms with Crippen LogP contribution in [0.25, 0.3) is 16.7 Å². The number of carbonyl (C=O) groups is 2. The van der Waals surface area contributed by atoms with Gasteiger partial charge in [0.15, 0.2) is 0 Å². The quantitative estimate of drug-likeness (QED) is 0.308. The number of methoxy groups -OCH3 is 1. The number of imidazole rings is 1. The molecule has 4 aromatic rings. The smallest absolute Gasteiger partial charge is 0.340 e. The summed E-state index contributed by atoms with van der Waals surface area (Å²) in [4.78, 5) is 41.1. The first kappa shape index (κ1) is 25.4. The van der Waals surface area contributed by atoms with Crippen molar-refractivity contribution in [3.8, 4) is 5.69 Å². The number of esters is 1. The van der Waals surface area contributed by atoms with Gasteiger partial charge >= 0.3 is 11.7 Å². The molecule has 7 nitrogen and oxygen atoms in total. The number of carbonyl (C=O) groups excluding carboxylic acids is 2. The van der Waals surface area contributed by atoms with Gasteiger partial charge in [-0.05, 0) is 80.6 Å². The van der Waals surface area contributed by atoms with Gasteiger partial charge in [0.05, 0.1) is 34.9 Å². The second-order valence-electron chi connectivity index (χ2n) is 10.2. The van der Waals surface area contributed by atoms with Crippen molar-refractivity contribution in [3.05, 3.63) is 98.7 Å². The fourth-order valence-corrected chi connectivity index (χ4v) is 5.92. The summed E-state index contributed by atoms with van der Waals surface area (Å²) in [6.45, 7) is 1.50. The van der Waals surface area contributed by atoms with Gasteiger partial charge in [-0.1, -0.05) is 23.7 Å². The Morgan fingerprint density at radius 3 is 2.33 bits per heavy atom. The van der Waals surface area contributed by atoms with Gasteiger partial charge in [-0.3, -0.25) is 13.9 Å². The average molecular weight is 548 g/mol. The molecule has 0 spiro atoms. The molecule has 0 bridgehead atoms. The maximum absolute atomic E-state index is 15.7. The Balaban J connectivity index is 1.47. The molecule has 0 atom stereocenters. The van der Waals surface area contributed by atoms with E-state index in [1.807, 2.05) is 4.90 Å². The van der Waals surface area contributed by atoms with Crippen LogP contribution in [-0.4, -0.2) is 46.1 Å². The number of aromatic nitrogens is 2. The molecule has 1 saturated heterocycles. The highest BCUT2D eigenvalue weighted by molar-refractivity contribution is 6.31. The molecule has 2 fully saturated rings. The number of halogens is 2. The summed E-state index contributed by atoms with van der Waals surface area (Å²) in [5, 5.41) is 0.453. The van der Waals surface area contributed by atoms with Crippen molar-refractivity contribution in [3.63, 3.8) is 0 Å². The third kappa shape index (κ3) is 4.14. The lowest BCUT2D eigenvalue weighted by molar-refractivity contribution is 0.0594. The standard InChI is InChI=1S/C30H27ClFN3O4/c1-39-28(37)22-6-5-7-23(26(22)32)30(14-15-30)35-24-13-10-20(31)18-25(24)34(29(35)38)21-11-8-19(9-12-21)27(36)33-16-3-2-4-17-33/h5-13,18H,2-4,14-17H2,1H3. The fourth-order valence-electron chi connectivity index (χ4n) is 5.76. The van der Waals surface area contributed by atoms with E-state index >= 15 is 4.39 Å². The Bertz CT molecular complexity index is 1660. The molecular weight excluding hydrogens is 521 g/mol. The Morgan fingerprint density at radius 2 is 1.67 bits per heavy atom. The van der Waals surface area contributed by atoms with Gasteiger partial charge in [0.25, 0.3) is 5.91 Å². The maximum atomic E-state index is 15.7. The van der Waals surface area contributed by atoms with E-state index in [0.29, 0.717) is 40.1 Å². The number of rotatable bonds is 5. The number of hydrogen-bond donors (Lipinski definition) is 0. The minimum atomic E-state index is -0.952. The third-order valence-electron chi connectivity index (χ3n) is 7.87. The zero-order valence-corrected chi connectivity index (χ0v) is 22.2. The summed E-state index contributed by atoms with van der Waals surface area (Å²) in [7, 11) is 1.20. The molecule has 9 heteroatoms. The molecule has 3 aromatic carbocycles. The molecule has 2 heterocycles. The van der Waals surface area contributed by atoms with E-state index in [4.69, 9.17) is 16.3 Å². The summed E-state index contributed by atoms with van der Waals surface area (Å²) < 4.78 is 23.5. The lowest BCUT2D eigenvalue weighted by Gasteiger charge is -2.26. The van der Waals surface area contributed by atoms with Gasteiger partial charge in [-0.25, -0.2) is 14.0 Å². The van der Waals surface area contributed by atoms with Gasteiger partial charge in [-0.15, -0.1) is 0 Å². The number of nitrogens with zero attached hydrogens (tertiary/aromatic N) is 3. The van der Waals surface area contributed by atoms with E-state index in [1.54, 1.807) is 63.7 Å². The number of fused-ring (bicyclic) bond motifs is 1. The molecule has 200 valence electrons. The summed E-state index contributed by atoms with van der Waals surface area (Å²) in [6, 6.07) is 16.7. The molecule has 1 aliphatic carbocycles. The Labute approximate surface area is 229 Å². The third-order valence-corrected chi connectivity index (χ3v) is 8.11. The Morgan fingerprint density at radius 1 is 0.949 bits per heavy atom. The van der Waals surface area contributed by atoms with Gasteiger partial charge in [0.1, 0.15) is 5.82 Å². The van der Waals surface area contributed by atoms with Crippen molar-refractivity contribution in [1.29, 1.82) is 0 Å². The number of likely N-dealkylation sites (tertiary alicyclic amines) is 1. The SMILES string of the molecule is COC(=O)c1cccc(C2(n3c(=O)n(-c4ccc(C(=O)N5CCCCC5)cc4)c4cc(Cl)ccc43)CC2)c1F. The highest BCUT2D eigenvalue weighted by atomic mass is 35.5. The Hall–Kier alpha value is -3.91. The largest absolute Gasteiger partial charge is 0.465 e. The van der Waals surface area contributed by atoms with E-state index in [2.05, 4.69) is 0 Å². The van der Waals surface area contributed by atoms with Gasteiger partial charge in [0, 0.05) is 29.2 Å². The van der Waals surface area contributed by atoms with E-state index in [1.165, 1.54) is 13.2 Å². The summed E-state index contributed by atoms with van der Waals surface area (Å²) in [5.41, 5.74) is 1.09. The molecular formula is C30H27ClFN3O4. The van der Waals surface area contributed by atoms with Gasteiger partial charge < -0.3 is 9.64 Å². The monoisotopic (exact) mass is 547 g/mol. The van der Waals surface area contributed by atoms with Crippen molar-refractivity contribution in [1.82, 2.24) is 14.0 Å². The lowest BCUT2D eigenvalue weighted by atomic mass is 10.00. The second-order valence-corrected chi connectivity index (χ2v) is 10.6. The van der Waals surface area contributed by atoms with Crippen LogP contribution in [0.4, 0.5) is 4.39 Å². The molecule has 2 aliphatic rings. The van der Waals surface area contributed by atoms with Crippen LogP contribution in [0.5, 0.6) is 0 Å². The van der Waals surface area contributed by atoms with Crippen LogP contribution in [0.1, 0.15) is 58.4 Å². The van der Waals surface area contributed by atoms with Crippen LogP contribution in [0.3, 0.4) is 0 Å². The van der Waals surface area contributed by atoms with Crippen molar-refractivity contribution in [2.75, 3.05) is 20.2 Å². The number of piperidine rings is 1. The predicted molar refractivity (Wildman–Crippen MR) is 146 cm³/mol. The van der Waals surface area contributed by atoms with E-state index in [9.17, 15) is 14.4 Å². The normalized spacial score (nSPS) is 16.3. The van der Waals surface area contributed by atoms with E-state index in [0.717, 1.165) is 32.4 Å². The highest BCUT2D eigenvalue weighted by Crippen LogP contribution is 2.51. The zero-order chi connectivity index (χ0) is 27.3. The number of hydrogen-bond acceptors (Lipinski definition) is 4. The summed E-state index contributed by atoms with van der Waals surface area (Å²) >= 11 is 6.35. The minimum Gasteiger partial charge on any atom is -0.465 e. The lowest BCUT2D eigenvalue weighted by Crippen LogP contribution is -2.35. The average Bonchev–Trinajstić information content (AvgIpc) is 3.70. The molecule has 1 aromatic heterocycles. The van der Waals surface area contributed by atoms with E-state index in [-0.39, 0.29) is 22.7 Å². The van der Waals surface area contributed by atoms with Crippen LogP contribution in [0.2, 0.25) is 5.02 Å². The molecule has 1 aliphatic heterocycles. The molecule has 0 N–H and O–H groups in total. The molecule has 0 unspecified atom stereocenters. The highest BCUT2D eigenvalue weighted by Gasteiger charge is 2.51. The Kier molecular flexibility index (Phi) is 6.30. The van der Waals surface area contributed by atoms with Crippen LogP contribution < -0.4 is 5.69 Å². The van der Waals surface area contributed by atoms with Crippen molar-refractivity contribution < 1.29 is 18.7 Å². The van der Waals surface area contributed by atoms with Gasteiger partial charge in [0.2, 0.25) is 0 Å². The van der Waals surface area contributed by atoms with Crippen LogP contribution >= 0.6 is 11.6 Å². The molecule has 0 radical (unpaired) electrons. The number of benzene rings is 3. The van der Waals surface area contributed by atoms with Gasteiger partial charge in [-0.2, -0.15) is 0 Å². The maximum Gasteiger partial charge on any atom is 0.340 e. The van der Waals surface area contributed by atoms with Crippen molar-refractivity contribution in [2.24, 2.45) is 0 Å². The summed E-state index contributed by atoms with van der Waals surface area (Å²) in [6.07, 6.45) is 4.20. The molecule has 39 heavy (non-hydrogen) atoms. The predicted octanol–water partition coefficient (Wildman–Crippen LogP) is 5.53. The molecule has 1 amide bonds. The van der Waals surface area contributed by atoms with Crippen LogP contribution in [-0.2, 0) is 10.3 Å². The molecule has 1 saturated carbocycles. The first-order valence-corrected chi connectivity index (χ1v) is 13.4. The zero-order valence-electron chi connectivity index (χ0n) is 21.5. The van der Waals surface area contributed by atoms with Crippen LogP contribution in [0.15, 0.2) is 65.5 Å². The first-order valence-electron chi connectivity index (χ1n) is 13.1. The van der Waals surface area contributed by atoms with Crippen molar-refractivity contribution in [2.45, 2.75) is 37.6 Å². The van der Waals surface area contributed by atoms with Crippen molar-refractivity contribution >= 4 is 34.5 Å².